The van der Waals surface area contributed by atoms with E-state index in [1.54, 1.807) is 17.5 Å². The second kappa shape index (κ2) is 5.02. The molecule has 2 heterocycles. The molecule has 2 aromatic heterocycles. The van der Waals surface area contributed by atoms with Crippen LogP contribution in [0.1, 0.15) is 28.5 Å². The second-order valence-corrected chi connectivity index (χ2v) is 5.52. The van der Waals surface area contributed by atoms with Crippen LogP contribution in [0.25, 0.3) is 0 Å². The first kappa shape index (κ1) is 12.3. The molecule has 0 saturated heterocycles. The predicted octanol–water partition coefficient (Wildman–Crippen LogP) is 3.98. The molecule has 0 aromatic carbocycles. The van der Waals surface area contributed by atoms with Gasteiger partial charge in [-0.2, -0.15) is 0 Å². The maximum absolute atomic E-state index is 6.06. The van der Waals surface area contributed by atoms with Crippen molar-refractivity contribution in [1.29, 1.82) is 0 Å². The van der Waals surface area contributed by atoms with Gasteiger partial charge in [0, 0.05) is 11.1 Å². The van der Waals surface area contributed by atoms with Crippen molar-refractivity contribution in [2.75, 3.05) is 5.32 Å². The summed E-state index contributed by atoms with van der Waals surface area (Å²) >= 11 is 7.77. The summed E-state index contributed by atoms with van der Waals surface area (Å²) in [4.78, 5) is 9.87. The van der Waals surface area contributed by atoms with Crippen LogP contribution in [0.15, 0.2) is 18.3 Å². The van der Waals surface area contributed by atoms with Gasteiger partial charge in [0.15, 0.2) is 0 Å². The summed E-state index contributed by atoms with van der Waals surface area (Å²) in [5.74, 6) is 0.715. The highest BCUT2D eigenvalue weighted by atomic mass is 35.5. The Morgan fingerprint density at radius 1 is 1.41 bits per heavy atom. The van der Waals surface area contributed by atoms with Crippen molar-refractivity contribution >= 4 is 28.8 Å². The molecule has 0 radical (unpaired) electrons. The Labute approximate surface area is 110 Å². The molecule has 1 atom stereocenters. The van der Waals surface area contributed by atoms with Gasteiger partial charge in [-0.1, -0.05) is 11.6 Å². The van der Waals surface area contributed by atoms with Crippen molar-refractivity contribution in [3.8, 4) is 0 Å². The molecule has 0 spiro atoms. The number of thiazole rings is 1. The molecule has 0 saturated carbocycles. The lowest BCUT2D eigenvalue weighted by atomic mass is 10.2. The van der Waals surface area contributed by atoms with Crippen LogP contribution in [0.3, 0.4) is 0 Å². The molecule has 0 amide bonds. The molecule has 0 bridgehead atoms. The molecule has 0 aliphatic heterocycles. The Morgan fingerprint density at radius 2 is 2.18 bits per heavy atom. The number of nitrogens with one attached hydrogen (secondary N) is 1. The van der Waals surface area contributed by atoms with Crippen LogP contribution in [0.2, 0.25) is 5.02 Å². The Hall–Kier alpha value is -1.13. The molecule has 1 N–H and O–H groups in total. The molecule has 3 nitrogen and oxygen atoms in total. The van der Waals surface area contributed by atoms with Crippen LogP contribution < -0.4 is 5.32 Å². The topological polar surface area (TPSA) is 37.8 Å². The third-order valence-electron chi connectivity index (χ3n) is 2.44. The van der Waals surface area contributed by atoms with Crippen molar-refractivity contribution in [3.63, 3.8) is 0 Å². The highest BCUT2D eigenvalue weighted by Gasteiger charge is 2.14. The van der Waals surface area contributed by atoms with E-state index >= 15 is 0 Å². The van der Waals surface area contributed by atoms with E-state index in [1.807, 2.05) is 26.0 Å². The zero-order valence-corrected chi connectivity index (χ0v) is 11.6. The van der Waals surface area contributed by atoms with Crippen LogP contribution in [0.5, 0.6) is 0 Å². The quantitative estimate of drug-likeness (QED) is 0.914. The fourth-order valence-corrected chi connectivity index (χ4v) is 2.82. The lowest BCUT2D eigenvalue weighted by molar-refractivity contribution is 0.880. The van der Waals surface area contributed by atoms with E-state index in [0.717, 1.165) is 10.7 Å². The number of halogens is 1. The van der Waals surface area contributed by atoms with Crippen LogP contribution in [-0.2, 0) is 0 Å². The van der Waals surface area contributed by atoms with Gasteiger partial charge in [0.25, 0.3) is 0 Å². The summed E-state index contributed by atoms with van der Waals surface area (Å²) in [6.45, 7) is 6.13. The van der Waals surface area contributed by atoms with Gasteiger partial charge in [0.2, 0.25) is 0 Å². The van der Waals surface area contributed by atoms with Gasteiger partial charge < -0.3 is 5.32 Å². The van der Waals surface area contributed by atoms with Gasteiger partial charge in [0.05, 0.1) is 21.8 Å². The molecule has 1 unspecified atom stereocenters. The number of pyridine rings is 1. The van der Waals surface area contributed by atoms with Crippen LogP contribution in [0.4, 0.5) is 5.82 Å². The van der Waals surface area contributed by atoms with Gasteiger partial charge in [-0.25, -0.2) is 9.97 Å². The monoisotopic (exact) mass is 267 g/mol. The van der Waals surface area contributed by atoms with Crippen molar-refractivity contribution in [1.82, 2.24) is 9.97 Å². The van der Waals surface area contributed by atoms with Crippen LogP contribution >= 0.6 is 22.9 Å². The Morgan fingerprint density at radius 3 is 2.76 bits per heavy atom. The average Bonchev–Trinajstić information content (AvgIpc) is 2.61. The lowest BCUT2D eigenvalue weighted by Gasteiger charge is -2.14. The maximum atomic E-state index is 6.06. The number of aromatic nitrogens is 2. The normalized spacial score (nSPS) is 12.5. The zero-order chi connectivity index (χ0) is 12.4. The third kappa shape index (κ3) is 2.76. The fraction of sp³-hybridized carbons (Fsp3) is 0.333. The smallest absolute Gasteiger partial charge is 0.145 e. The van der Waals surface area contributed by atoms with E-state index < -0.39 is 0 Å². The first-order valence-electron chi connectivity index (χ1n) is 5.39. The molecule has 2 aromatic rings. The predicted molar refractivity (Wildman–Crippen MR) is 72.9 cm³/mol. The number of rotatable bonds is 3. The Bertz CT molecular complexity index is 524. The van der Waals surface area contributed by atoms with E-state index in [9.17, 15) is 0 Å². The first-order valence-corrected chi connectivity index (χ1v) is 6.58. The zero-order valence-electron chi connectivity index (χ0n) is 9.99. The van der Waals surface area contributed by atoms with Crippen molar-refractivity contribution in [2.24, 2.45) is 0 Å². The minimum atomic E-state index is 0.161. The van der Waals surface area contributed by atoms with Gasteiger partial charge in [-0.15, -0.1) is 11.3 Å². The van der Waals surface area contributed by atoms with E-state index in [2.05, 4.69) is 22.2 Å². The largest absolute Gasteiger partial charge is 0.361 e. The highest BCUT2D eigenvalue weighted by molar-refractivity contribution is 7.11. The first-order chi connectivity index (χ1) is 8.08. The minimum absolute atomic E-state index is 0.161. The summed E-state index contributed by atoms with van der Waals surface area (Å²) in [5, 5.41) is 5.03. The molecule has 0 fully saturated rings. The summed E-state index contributed by atoms with van der Waals surface area (Å²) in [7, 11) is 0. The van der Waals surface area contributed by atoms with Crippen molar-refractivity contribution < 1.29 is 0 Å². The van der Waals surface area contributed by atoms with E-state index in [-0.39, 0.29) is 6.04 Å². The molecular formula is C12H14ClN3S. The molecule has 0 aliphatic rings. The number of hydrogen-bond acceptors (Lipinski definition) is 4. The van der Waals surface area contributed by atoms with E-state index in [1.165, 1.54) is 4.88 Å². The highest BCUT2D eigenvalue weighted by Crippen LogP contribution is 2.28. The maximum Gasteiger partial charge on any atom is 0.145 e. The number of hydrogen-bond donors (Lipinski definition) is 1. The van der Waals surface area contributed by atoms with Crippen LogP contribution in [-0.4, -0.2) is 9.97 Å². The summed E-state index contributed by atoms with van der Waals surface area (Å²) in [5.41, 5.74) is 1.07. The fourth-order valence-electron chi connectivity index (χ4n) is 1.71. The number of anilines is 1. The van der Waals surface area contributed by atoms with Crippen LogP contribution in [0, 0.1) is 13.8 Å². The van der Waals surface area contributed by atoms with Gasteiger partial charge in [0.1, 0.15) is 5.82 Å². The van der Waals surface area contributed by atoms with Crippen molar-refractivity contribution in [3.05, 3.63) is 38.9 Å². The number of nitrogens with zero attached hydrogens (tertiary/aromatic N) is 2. The average molecular weight is 268 g/mol. The van der Waals surface area contributed by atoms with E-state index in [4.69, 9.17) is 11.6 Å². The van der Waals surface area contributed by atoms with Gasteiger partial charge in [-0.3, -0.25) is 0 Å². The van der Waals surface area contributed by atoms with Gasteiger partial charge >= 0.3 is 0 Å². The minimum Gasteiger partial charge on any atom is -0.361 e. The summed E-state index contributed by atoms with van der Waals surface area (Å²) < 4.78 is 0. The standard InChI is InChI=1S/C12H14ClN3S/c1-7-11(17-9(3)15-7)8(2)16-12-10(13)5-4-6-14-12/h4-6,8H,1-3H3,(H,14,16). The number of aryl methyl sites for hydroxylation is 2. The SMILES string of the molecule is Cc1nc(C)c(C(C)Nc2ncccc2Cl)s1. The molecule has 5 heteroatoms. The van der Waals surface area contributed by atoms with E-state index in [0.29, 0.717) is 10.8 Å². The summed E-state index contributed by atoms with van der Waals surface area (Å²) in [6.07, 6.45) is 1.73. The van der Waals surface area contributed by atoms with Crippen molar-refractivity contribution in [2.45, 2.75) is 26.8 Å². The summed E-state index contributed by atoms with van der Waals surface area (Å²) in [6, 6.07) is 3.81. The molecule has 0 aliphatic carbocycles. The lowest BCUT2D eigenvalue weighted by Crippen LogP contribution is -2.07. The molecule has 17 heavy (non-hydrogen) atoms. The molecule has 2 rings (SSSR count). The molecular weight excluding hydrogens is 254 g/mol. The Balaban J connectivity index is 2.20. The molecule has 90 valence electrons. The third-order valence-corrected chi connectivity index (χ3v) is 4.00. The van der Waals surface area contributed by atoms with Gasteiger partial charge in [-0.05, 0) is 32.9 Å². The Kier molecular flexibility index (Phi) is 3.64. The second-order valence-electron chi connectivity index (χ2n) is 3.88.